The summed E-state index contributed by atoms with van der Waals surface area (Å²) >= 11 is 1.56. The molecule has 3 nitrogen and oxygen atoms in total. The lowest BCUT2D eigenvalue weighted by Crippen LogP contribution is -2.03. The predicted molar refractivity (Wildman–Crippen MR) is 57.0 cm³/mol. The maximum atomic E-state index is 11.6. The molecule has 0 saturated carbocycles. The second kappa shape index (κ2) is 3.20. The Kier molecular flexibility index (Phi) is 2.15. The molecule has 4 heteroatoms. The molecule has 2 heterocycles. The van der Waals surface area contributed by atoms with Gasteiger partial charge in [0.2, 0.25) is 0 Å². The third-order valence-electron chi connectivity index (χ3n) is 2.25. The quantitative estimate of drug-likeness (QED) is 0.724. The van der Waals surface area contributed by atoms with Crippen molar-refractivity contribution in [3.63, 3.8) is 0 Å². The van der Waals surface area contributed by atoms with Crippen molar-refractivity contribution in [3.8, 4) is 0 Å². The normalized spacial score (nSPS) is 11.1. The molecule has 0 aliphatic carbocycles. The Bertz CT molecular complexity index is 539. The first-order chi connectivity index (χ1) is 6.63. The van der Waals surface area contributed by atoms with Gasteiger partial charge in [0.05, 0.1) is 0 Å². The molecule has 0 atom stereocenters. The van der Waals surface area contributed by atoms with Crippen molar-refractivity contribution in [2.45, 2.75) is 27.2 Å². The summed E-state index contributed by atoms with van der Waals surface area (Å²) in [5.41, 5.74) is 0.819. The number of aryl methyl sites for hydroxylation is 3. The topological polar surface area (TPSA) is 43.1 Å². The highest BCUT2D eigenvalue weighted by Gasteiger charge is 2.13. The van der Waals surface area contributed by atoms with E-state index in [-0.39, 0.29) is 5.63 Å². The summed E-state index contributed by atoms with van der Waals surface area (Å²) in [5.74, 6) is 0.436. The molecule has 2 rings (SSSR count). The molecule has 0 saturated heterocycles. The summed E-state index contributed by atoms with van der Waals surface area (Å²) in [6.45, 7) is 5.75. The van der Waals surface area contributed by atoms with Crippen LogP contribution in [0.3, 0.4) is 0 Å². The van der Waals surface area contributed by atoms with Crippen molar-refractivity contribution in [2.24, 2.45) is 0 Å². The molecule has 0 radical (unpaired) electrons. The van der Waals surface area contributed by atoms with Crippen molar-refractivity contribution in [1.29, 1.82) is 0 Å². The van der Waals surface area contributed by atoms with E-state index < -0.39 is 0 Å². The van der Waals surface area contributed by atoms with Gasteiger partial charge in [0, 0.05) is 11.8 Å². The number of rotatable bonds is 1. The van der Waals surface area contributed by atoms with Crippen LogP contribution < -0.4 is 5.63 Å². The summed E-state index contributed by atoms with van der Waals surface area (Å²) in [7, 11) is 0. The zero-order chi connectivity index (χ0) is 10.3. The zero-order valence-corrected chi connectivity index (χ0v) is 9.20. The van der Waals surface area contributed by atoms with Gasteiger partial charge in [-0.15, -0.1) is 11.3 Å². The van der Waals surface area contributed by atoms with E-state index in [1.165, 1.54) is 0 Å². The summed E-state index contributed by atoms with van der Waals surface area (Å²) in [5, 5.41) is 0.667. The Morgan fingerprint density at radius 1 is 1.43 bits per heavy atom. The third-order valence-corrected chi connectivity index (χ3v) is 3.29. The molecular weight excluding hydrogens is 198 g/mol. The van der Waals surface area contributed by atoms with Crippen molar-refractivity contribution in [3.05, 3.63) is 26.8 Å². The smallest absolute Gasteiger partial charge is 0.347 e. The van der Waals surface area contributed by atoms with E-state index in [0.717, 1.165) is 21.7 Å². The van der Waals surface area contributed by atoms with E-state index in [2.05, 4.69) is 4.98 Å². The molecule has 0 spiro atoms. The van der Waals surface area contributed by atoms with Crippen LogP contribution in [-0.2, 0) is 6.42 Å². The molecule has 0 aliphatic rings. The Hall–Kier alpha value is -1.16. The van der Waals surface area contributed by atoms with Crippen LogP contribution in [0.4, 0.5) is 0 Å². The first kappa shape index (κ1) is 9.40. The average molecular weight is 209 g/mol. The average Bonchev–Trinajstić information content (AvgIpc) is 2.40. The maximum absolute atomic E-state index is 11.6. The molecule has 0 aromatic carbocycles. The molecule has 74 valence electrons. The zero-order valence-electron chi connectivity index (χ0n) is 8.38. The lowest BCUT2D eigenvalue weighted by atomic mass is 10.1. The van der Waals surface area contributed by atoms with Crippen LogP contribution in [0.5, 0.6) is 0 Å². The molecule has 0 N–H and O–H groups in total. The number of hydrogen-bond donors (Lipinski definition) is 0. The van der Waals surface area contributed by atoms with Gasteiger partial charge >= 0.3 is 5.63 Å². The minimum absolute atomic E-state index is 0.256. The van der Waals surface area contributed by atoms with Crippen LogP contribution in [0, 0.1) is 13.8 Å². The minimum Gasteiger partial charge on any atom is -0.408 e. The van der Waals surface area contributed by atoms with E-state index >= 15 is 0 Å². The van der Waals surface area contributed by atoms with Crippen molar-refractivity contribution in [2.75, 3.05) is 0 Å². The number of thiophene rings is 1. The van der Waals surface area contributed by atoms with Crippen LogP contribution in [-0.4, -0.2) is 4.98 Å². The fraction of sp³-hybridized carbons (Fsp3) is 0.400. The molecular formula is C10H11NO2S. The van der Waals surface area contributed by atoms with E-state index in [1.54, 1.807) is 18.3 Å². The predicted octanol–water partition coefficient (Wildman–Crippen LogP) is 2.43. The van der Waals surface area contributed by atoms with Crippen molar-refractivity contribution in [1.82, 2.24) is 4.98 Å². The van der Waals surface area contributed by atoms with E-state index in [0.29, 0.717) is 11.3 Å². The monoisotopic (exact) mass is 209 g/mol. The number of aromatic nitrogens is 1. The van der Waals surface area contributed by atoms with Crippen LogP contribution in [0.25, 0.3) is 10.2 Å². The van der Waals surface area contributed by atoms with Gasteiger partial charge < -0.3 is 4.42 Å². The Balaban J connectivity index is 2.95. The molecule has 0 fully saturated rings. The number of hydrogen-bond acceptors (Lipinski definition) is 4. The van der Waals surface area contributed by atoms with E-state index in [4.69, 9.17) is 4.42 Å². The van der Waals surface area contributed by atoms with Gasteiger partial charge in [-0.05, 0) is 18.9 Å². The van der Waals surface area contributed by atoms with E-state index in [1.807, 2.05) is 13.8 Å². The highest BCUT2D eigenvalue weighted by Crippen LogP contribution is 2.27. The third kappa shape index (κ3) is 1.26. The Morgan fingerprint density at radius 2 is 2.14 bits per heavy atom. The Labute approximate surface area is 85.4 Å². The Morgan fingerprint density at radius 3 is 2.79 bits per heavy atom. The molecule has 14 heavy (non-hydrogen) atoms. The molecule has 0 amide bonds. The highest BCUT2D eigenvalue weighted by atomic mass is 32.1. The van der Waals surface area contributed by atoms with Gasteiger partial charge in [0.15, 0.2) is 5.89 Å². The lowest BCUT2D eigenvalue weighted by molar-refractivity contribution is 0.467. The summed E-state index contributed by atoms with van der Waals surface area (Å²) in [4.78, 5) is 17.8. The van der Waals surface area contributed by atoms with Crippen LogP contribution in [0.2, 0.25) is 0 Å². The van der Waals surface area contributed by atoms with Gasteiger partial charge in [-0.3, -0.25) is 0 Å². The molecule has 2 aromatic rings. The number of fused-ring (bicyclic) bond motifs is 1. The summed E-state index contributed by atoms with van der Waals surface area (Å²) in [6, 6.07) is 0. The first-order valence-corrected chi connectivity index (χ1v) is 5.34. The SMILES string of the molecule is CCc1c(C)sc2nc(C)oc(=O)c12. The van der Waals surface area contributed by atoms with Gasteiger partial charge in [-0.1, -0.05) is 6.92 Å². The fourth-order valence-corrected chi connectivity index (χ4v) is 2.77. The molecule has 2 aromatic heterocycles. The highest BCUT2D eigenvalue weighted by molar-refractivity contribution is 7.18. The van der Waals surface area contributed by atoms with Gasteiger partial charge in [-0.2, -0.15) is 0 Å². The minimum atomic E-state index is -0.256. The molecule has 0 bridgehead atoms. The molecule has 0 aliphatic heterocycles. The van der Waals surface area contributed by atoms with Gasteiger partial charge in [0.25, 0.3) is 0 Å². The van der Waals surface area contributed by atoms with Gasteiger partial charge in [-0.25, -0.2) is 9.78 Å². The van der Waals surface area contributed by atoms with Crippen molar-refractivity contribution >= 4 is 21.6 Å². The van der Waals surface area contributed by atoms with Crippen LogP contribution in [0.15, 0.2) is 9.21 Å². The fourth-order valence-electron chi connectivity index (χ4n) is 1.63. The lowest BCUT2D eigenvalue weighted by Gasteiger charge is -1.94. The van der Waals surface area contributed by atoms with Crippen molar-refractivity contribution < 1.29 is 4.42 Å². The maximum Gasteiger partial charge on any atom is 0.347 e. The number of nitrogens with zero attached hydrogens (tertiary/aromatic N) is 1. The summed E-state index contributed by atoms with van der Waals surface area (Å²) < 4.78 is 4.99. The molecule has 0 unspecified atom stereocenters. The van der Waals surface area contributed by atoms with Crippen LogP contribution >= 0.6 is 11.3 Å². The van der Waals surface area contributed by atoms with Crippen LogP contribution in [0.1, 0.15) is 23.3 Å². The summed E-state index contributed by atoms with van der Waals surface area (Å²) in [6.07, 6.45) is 0.849. The first-order valence-electron chi connectivity index (χ1n) is 4.53. The van der Waals surface area contributed by atoms with E-state index in [9.17, 15) is 4.79 Å². The standard InChI is InChI=1S/C10H11NO2S/c1-4-7-5(2)14-9-8(7)10(12)13-6(3)11-9/h4H2,1-3H3. The second-order valence-electron chi connectivity index (χ2n) is 3.19. The second-order valence-corrected chi connectivity index (χ2v) is 4.39. The largest absolute Gasteiger partial charge is 0.408 e. The van der Waals surface area contributed by atoms with Gasteiger partial charge in [0.1, 0.15) is 10.2 Å².